The van der Waals surface area contributed by atoms with Crippen molar-refractivity contribution in [2.24, 2.45) is 5.92 Å². The number of esters is 1. The van der Waals surface area contributed by atoms with Crippen molar-refractivity contribution in [1.29, 1.82) is 0 Å². The smallest absolute Gasteiger partial charge is 0.310 e. The molecule has 0 radical (unpaired) electrons. The van der Waals surface area contributed by atoms with Gasteiger partial charge in [0.2, 0.25) is 0 Å². The predicted molar refractivity (Wildman–Crippen MR) is 56.1 cm³/mol. The van der Waals surface area contributed by atoms with E-state index in [0.29, 0.717) is 0 Å². The van der Waals surface area contributed by atoms with Gasteiger partial charge in [-0.25, -0.2) is 0 Å². The van der Waals surface area contributed by atoms with Gasteiger partial charge in [0.25, 0.3) is 0 Å². The van der Waals surface area contributed by atoms with E-state index in [-0.39, 0.29) is 18.0 Å². The van der Waals surface area contributed by atoms with Gasteiger partial charge in [-0.15, -0.1) is 0 Å². The molecule has 0 aliphatic carbocycles. The minimum absolute atomic E-state index is 0.0156. The Kier molecular flexibility index (Phi) is 4.94. The normalized spacial score (nSPS) is 24.3. The van der Waals surface area contributed by atoms with E-state index in [1.807, 2.05) is 6.92 Å². The molecule has 1 rings (SSSR count). The Balaban J connectivity index is 2.25. The summed E-state index contributed by atoms with van der Waals surface area (Å²) in [6, 6.07) is 0. The molecule has 1 fully saturated rings. The number of hydrogen-bond donors (Lipinski definition) is 1. The van der Waals surface area contributed by atoms with E-state index in [1.165, 1.54) is 0 Å². The molecule has 0 spiro atoms. The molecule has 0 saturated carbocycles. The first kappa shape index (κ1) is 11.5. The van der Waals surface area contributed by atoms with Crippen LogP contribution in [-0.4, -0.2) is 25.2 Å². The number of piperidine rings is 1. The minimum Gasteiger partial charge on any atom is -0.462 e. The van der Waals surface area contributed by atoms with Crippen LogP contribution in [0, 0.1) is 5.92 Å². The molecule has 14 heavy (non-hydrogen) atoms. The molecule has 0 bridgehead atoms. The minimum atomic E-state index is -0.0156. The Labute approximate surface area is 86.2 Å². The fourth-order valence-corrected chi connectivity index (χ4v) is 1.81. The van der Waals surface area contributed by atoms with E-state index in [2.05, 4.69) is 12.2 Å². The first-order chi connectivity index (χ1) is 6.74. The lowest BCUT2D eigenvalue weighted by molar-refractivity contribution is -0.154. The third-order valence-corrected chi connectivity index (χ3v) is 2.64. The van der Waals surface area contributed by atoms with Crippen molar-refractivity contribution < 1.29 is 9.53 Å². The maximum absolute atomic E-state index is 11.6. The average Bonchev–Trinajstić information content (AvgIpc) is 2.19. The van der Waals surface area contributed by atoms with E-state index >= 15 is 0 Å². The molecule has 1 heterocycles. The van der Waals surface area contributed by atoms with Crippen LogP contribution >= 0.6 is 0 Å². The SMILES string of the molecule is CCCC(C)OC(=O)C1CCCNC1. The molecule has 2 atom stereocenters. The number of carbonyl (C=O) groups is 1. The van der Waals surface area contributed by atoms with E-state index in [9.17, 15) is 4.79 Å². The summed E-state index contributed by atoms with van der Waals surface area (Å²) in [6.45, 7) is 5.90. The van der Waals surface area contributed by atoms with Crippen molar-refractivity contribution in [2.75, 3.05) is 13.1 Å². The van der Waals surface area contributed by atoms with Crippen LogP contribution in [0.1, 0.15) is 39.5 Å². The Morgan fingerprint density at radius 3 is 3.00 bits per heavy atom. The second-order valence-corrected chi connectivity index (χ2v) is 4.08. The Morgan fingerprint density at radius 1 is 1.64 bits per heavy atom. The highest BCUT2D eigenvalue weighted by molar-refractivity contribution is 5.73. The molecule has 1 N–H and O–H groups in total. The molecular weight excluding hydrogens is 178 g/mol. The van der Waals surface area contributed by atoms with Crippen LogP contribution in [0.25, 0.3) is 0 Å². The van der Waals surface area contributed by atoms with Gasteiger partial charge < -0.3 is 10.1 Å². The van der Waals surface area contributed by atoms with Crippen molar-refractivity contribution >= 4 is 5.97 Å². The standard InChI is InChI=1S/C11H21NO2/c1-3-5-9(2)14-11(13)10-6-4-7-12-8-10/h9-10,12H,3-8H2,1-2H3. The highest BCUT2D eigenvalue weighted by atomic mass is 16.5. The van der Waals surface area contributed by atoms with Crippen molar-refractivity contribution in [3.8, 4) is 0 Å². The van der Waals surface area contributed by atoms with Crippen LogP contribution in [0.3, 0.4) is 0 Å². The molecule has 0 aromatic heterocycles. The van der Waals surface area contributed by atoms with Gasteiger partial charge in [-0.05, 0) is 32.7 Å². The molecule has 0 aromatic carbocycles. The summed E-state index contributed by atoms with van der Waals surface area (Å²) in [5, 5.41) is 3.22. The highest BCUT2D eigenvalue weighted by Crippen LogP contribution is 2.13. The molecule has 0 amide bonds. The van der Waals surface area contributed by atoms with Crippen molar-refractivity contribution in [1.82, 2.24) is 5.32 Å². The highest BCUT2D eigenvalue weighted by Gasteiger charge is 2.23. The maximum atomic E-state index is 11.6. The van der Waals surface area contributed by atoms with Gasteiger partial charge >= 0.3 is 5.97 Å². The summed E-state index contributed by atoms with van der Waals surface area (Å²) in [6.07, 6.45) is 4.17. The number of carbonyl (C=O) groups excluding carboxylic acids is 1. The van der Waals surface area contributed by atoms with Gasteiger partial charge in [0.05, 0.1) is 12.0 Å². The number of rotatable bonds is 4. The zero-order valence-electron chi connectivity index (χ0n) is 9.21. The lowest BCUT2D eigenvalue weighted by Crippen LogP contribution is -2.36. The molecule has 1 saturated heterocycles. The molecule has 0 aromatic rings. The first-order valence-corrected chi connectivity index (χ1v) is 5.65. The van der Waals surface area contributed by atoms with Gasteiger partial charge in [-0.2, -0.15) is 0 Å². The number of hydrogen-bond acceptors (Lipinski definition) is 3. The third-order valence-electron chi connectivity index (χ3n) is 2.64. The quantitative estimate of drug-likeness (QED) is 0.701. The van der Waals surface area contributed by atoms with Gasteiger partial charge in [0.15, 0.2) is 0 Å². The summed E-state index contributed by atoms with van der Waals surface area (Å²) in [5.41, 5.74) is 0. The summed E-state index contributed by atoms with van der Waals surface area (Å²) in [4.78, 5) is 11.6. The van der Waals surface area contributed by atoms with Gasteiger partial charge in [-0.1, -0.05) is 13.3 Å². The van der Waals surface area contributed by atoms with E-state index in [4.69, 9.17) is 4.74 Å². The average molecular weight is 199 g/mol. The summed E-state index contributed by atoms with van der Waals surface area (Å²) in [7, 11) is 0. The van der Waals surface area contributed by atoms with Gasteiger partial charge in [-0.3, -0.25) is 4.79 Å². The van der Waals surface area contributed by atoms with E-state index in [1.54, 1.807) is 0 Å². The van der Waals surface area contributed by atoms with E-state index < -0.39 is 0 Å². The topological polar surface area (TPSA) is 38.3 Å². The van der Waals surface area contributed by atoms with Crippen LogP contribution in [0.2, 0.25) is 0 Å². The van der Waals surface area contributed by atoms with Crippen molar-refractivity contribution in [2.45, 2.75) is 45.6 Å². The van der Waals surface area contributed by atoms with Gasteiger partial charge in [0.1, 0.15) is 0 Å². The van der Waals surface area contributed by atoms with E-state index in [0.717, 1.165) is 38.8 Å². The molecule has 82 valence electrons. The van der Waals surface area contributed by atoms with Crippen LogP contribution in [0.4, 0.5) is 0 Å². The molecule has 1 aliphatic heterocycles. The molecule has 1 aliphatic rings. The Hall–Kier alpha value is -0.570. The zero-order valence-corrected chi connectivity index (χ0v) is 9.21. The molecular formula is C11H21NO2. The lowest BCUT2D eigenvalue weighted by Gasteiger charge is -2.23. The number of nitrogens with one attached hydrogen (secondary N) is 1. The maximum Gasteiger partial charge on any atom is 0.310 e. The first-order valence-electron chi connectivity index (χ1n) is 5.65. The third kappa shape index (κ3) is 3.66. The summed E-state index contributed by atoms with van der Waals surface area (Å²) >= 11 is 0. The van der Waals surface area contributed by atoms with Crippen molar-refractivity contribution in [3.63, 3.8) is 0 Å². The lowest BCUT2D eigenvalue weighted by atomic mass is 10.00. The molecule has 3 nitrogen and oxygen atoms in total. The van der Waals surface area contributed by atoms with Crippen LogP contribution in [0.15, 0.2) is 0 Å². The van der Waals surface area contributed by atoms with Crippen LogP contribution < -0.4 is 5.32 Å². The monoisotopic (exact) mass is 199 g/mol. The fourth-order valence-electron chi connectivity index (χ4n) is 1.81. The summed E-state index contributed by atoms with van der Waals surface area (Å²) < 4.78 is 5.35. The molecule has 3 heteroatoms. The van der Waals surface area contributed by atoms with Crippen molar-refractivity contribution in [3.05, 3.63) is 0 Å². The second kappa shape index (κ2) is 6.02. The van der Waals surface area contributed by atoms with Gasteiger partial charge in [0, 0.05) is 6.54 Å². The summed E-state index contributed by atoms with van der Waals surface area (Å²) in [5.74, 6) is 0.0706. The predicted octanol–water partition coefficient (Wildman–Crippen LogP) is 1.72. The van der Waals surface area contributed by atoms with Crippen LogP contribution in [-0.2, 0) is 9.53 Å². The Bertz CT molecular complexity index is 176. The second-order valence-electron chi connectivity index (χ2n) is 4.08. The molecule has 2 unspecified atom stereocenters. The largest absolute Gasteiger partial charge is 0.462 e. The zero-order chi connectivity index (χ0) is 10.4. The van der Waals surface area contributed by atoms with Crippen LogP contribution in [0.5, 0.6) is 0 Å². The Morgan fingerprint density at radius 2 is 2.43 bits per heavy atom. The number of ether oxygens (including phenoxy) is 1. The fraction of sp³-hybridized carbons (Fsp3) is 0.909.